The maximum absolute atomic E-state index is 4.99. The van der Waals surface area contributed by atoms with Crippen LogP contribution in [0.4, 0.5) is 0 Å². The molecule has 0 saturated heterocycles. The average molecular weight is 262 g/mol. The van der Waals surface area contributed by atoms with Gasteiger partial charge >= 0.3 is 0 Å². The molecule has 1 aromatic rings. The average Bonchev–Trinajstić information content (AvgIpc) is 2.24. The predicted molar refractivity (Wildman–Crippen MR) is 65.9 cm³/mol. The number of methoxy groups -OCH3 is 1. The van der Waals surface area contributed by atoms with E-state index in [1.54, 1.807) is 7.11 Å². The van der Waals surface area contributed by atoms with Gasteiger partial charge in [-0.2, -0.15) is 0 Å². The molecule has 1 aromatic heterocycles. The summed E-state index contributed by atoms with van der Waals surface area (Å²) in [6, 6.07) is 3.79. The first-order chi connectivity index (χ1) is 6.74. The lowest BCUT2D eigenvalue weighted by Gasteiger charge is -2.01. The van der Waals surface area contributed by atoms with Crippen LogP contribution in [0.1, 0.15) is 33.4 Å². The number of pyridine rings is 1. The Morgan fingerprint density at radius 2 is 1.64 bits per heavy atom. The van der Waals surface area contributed by atoms with Crippen LogP contribution in [0.5, 0.6) is 5.75 Å². The number of halogens is 1. The summed E-state index contributed by atoms with van der Waals surface area (Å²) < 4.78 is 5.75. The summed E-state index contributed by atoms with van der Waals surface area (Å²) in [5, 5.41) is 0. The number of aryl methyl sites for hydroxylation is 1. The van der Waals surface area contributed by atoms with Crippen molar-refractivity contribution in [3.8, 4) is 5.75 Å². The lowest BCUT2D eigenvalue weighted by atomic mass is 10.4. The van der Waals surface area contributed by atoms with E-state index < -0.39 is 0 Å². The third-order valence-corrected chi connectivity index (χ3v) is 1.74. The zero-order valence-electron chi connectivity index (χ0n) is 9.89. The van der Waals surface area contributed by atoms with E-state index in [1.807, 2.05) is 46.8 Å². The molecule has 0 saturated carbocycles. The summed E-state index contributed by atoms with van der Waals surface area (Å²) in [5.41, 5.74) is 0.979. The third-order valence-electron chi connectivity index (χ3n) is 1.17. The molecule has 0 amide bonds. The number of hydrogen-bond donors (Lipinski definition) is 0. The van der Waals surface area contributed by atoms with E-state index in [9.17, 15) is 0 Å². The van der Waals surface area contributed by atoms with Gasteiger partial charge < -0.3 is 4.74 Å². The van der Waals surface area contributed by atoms with Crippen molar-refractivity contribution in [3.05, 3.63) is 22.4 Å². The second-order valence-electron chi connectivity index (χ2n) is 1.95. The fourth-order valence-corrected chi connectivity index (χ4v) is 1.24. The maximum atomic E-state index is 4.99. The maximum Gasteiger partial charge on any atom is 0.151 e. The number of rotatable bonds is 1. The highest BCUT2D eigenvalue weighted by Gasteiger charge is 1.98. The van der Waals surface area contributed by atoms with Crippen LogP contribution in [0.2, 0.25) is 0 Å². The number of nitrogens with zero attached hydrogens (tertiary/aromatic N) is 1. The minimum absolute atomic E-state index is 0.759. The third kappa shape index (κ3) is 5.97. The van der Waals surface area contributed by atoms with Crippen molar-refractivity contribution >= 4 is 15.9 Å². The molecule has 0 bridgehead atoms. The topological polar surface area (TPSA) is 22.1 Å². The summed E-state index contributed by atoms with van der Waals surface area (Å²) in [5.74, 6) is 0.769. The molecule has 0 aromatic carbocycles. The van der Waals surface area contributed by atoms with Crippen molar-refractivity contribution in [1.82, 2.24) is 4.98 Å². The molecule has 0 atom stereocenters. The first kappa shape index (κ1) is 15.9. The zero-order valence-corrected chi connectivity index (χ0v) is 11.5. The van der Waals surface area contributed by atoms with Gasteiger partial charge in [-0.05, 0) is 35.0 Å². The number of aromatic nitrogens is 1. The summed E-state index contributed by atoms with van der Waals surface area (Å²) in [6.07, 6.45) is 0. The summed E-state index contributed by atoms with van der Waals surface area (Å²) in [7, 11) is 1.62. The molecule has 3 heteroatoms. The van der Waals surface area contributed by atoms with Gasteiger partial charge in [0.15, 0.2) is 5.75 Å². The molecule has 0 aliphatic rings. The van der Waals surface area contributed by atoms with Crippen molar-refractivity contribution in [2.24, 2.45) is 0 Å². The Morgan fingerprint density at radius 3 is 2.00 bits per heavy atom. The molecule has 14 heavy (non-hydrogen) atoms. The van der Waals surface area contributed by atoms with Gasteiger partial charge in [0.25, 0.3) is 0 Å². The molecule has 1 rings (SSSR count). The van der Waals surface area contributed by atoms with E-state index in [2.05, 4.69) is 20.9 Å². The van der Waals surface area contributed by atoms with Crippen LogP contribution in [-0.2, 0) is 0 Å². The van der Waals surface area contributed by atoms with Crippen LogP contribution in [0, 0.1) is 6.92 Å². The molecule has 1 heterocycles. The number of ether oxygens (including phenoxy) is 1. The lowest BCUT2D eigenvalue weighted by molar-refractivity contribution is 0.409. The Kier molecular flexibility index (Phi) is 11.9. The molecular formula is C11H20BrNO. The Hall–Kier alpha value is -0.570. The molecule has 0 spiro atoms. The quantitative estimate of drug-likeness (QED) is 0.707. The molecule has 0 fully saturated rings. The van der Waals surface area contributed by atoms with Gasteiger partial charge in [0.1, 0.15) is 4.60 Å². The molecule has 0 radical (unpaired) electrons. The van der Waals surface area contributed by atoms with Gasteiger partial charge in [-0.1, -0.05) is 27.7 Å². The monoisotopic (exact) mass is 261 g/mol. The van der Waals surface area contributed by atoms with Crippen molar-refractivity contribution < 1.29 is 4.74 Å². The summed E-state index contributed by atoms with van der Waals surface area (Å²) in [4.78, 5) is 4.14. The largest absolute Gasteiger partial charge is 0.494 e. The van der Waals surface area contributed by atoms with Gasteiger partial charge in [-0.3, -0.25) is 0 Å². The predicted octanol–water partition coefficient (Wildman–Crippen LogP) is 4.21. The van der Waals surface area contributed by atoms with Crippen molar-refractivity contribution in [2.45, 2.75) is 34.6 Å². The van der Waals surface area contributed by atoms with Crippen LogP contribution >= 0.6 is 15.9 Å². The van der Waals surface area contributed by atoms with E-state index in [0.717, 1.165) is 16.0 Å². The summed E-state index contributed by atoms with van der Waals surface area (Å²) in [6.45, 7) is 9.93. The molecular weight excluding hydrogens is 242 g/mol. The lowest BCUT2D eigenvalue weighted by Crippen LogP contribution is -1.88. The first-order valence-electron chi connectivity index (χ1n) is 4.91. The number of hydrogen-bond acceptors (Lipinski definition) is 2. The first-order valence-corrected chi connectivity index (χ1v) is 5.70. The van der Waals surface area contributed by atoms with E-state index >= 15 is 0 Å². The smallest absolute Gasteiger partial charge is 0.151 e. The highest BCUT2D eigenvalue weighted by atomic mass is 79.9. The molecule has 0 aliphatic carbocycles. The standard InChI is InChI=1S/C7H8BrNO.2C2H6/c1-5-3-4-6(10-2)7(8)9-5;2*1-2/h3-4H,1-2H3;2*1-2H3. The Morgan fingerprint density at radius 1 is 1.14 bits per heavy atom. The minimum atomic E-state index is 0.759. The van der Waals surface area contributed by atoms with Crippen LogP contribution in [-0.4, -0.2) is 12.1 Å². The van der Waals surface area contributed by atoms with E-state index in [4.69, 9.17) is 4.74 Å². The van der Waals surface area contributed by atoms with Crippen LogP contribution in [0.15, 0.2) is 16.7 Å². The Bertz CT molecular complexity index is 239. The van der Waals surface area contributed by atoms with Crippen molar-refractivity contribution in [1.29, 1.82) is 0 Å². The molecule has 2 nitrogen and oxygen atoms in total. The fourth-order valence-electron chi connectivity index (χ4n) is 0.665. The van der Waals surface area contributed by atoms with E-state index in [1.165, 1.54) is 0 Å². The second kappa shape index (κ2) is 10.5. The van der Waals surface area contributed by atoms with Crippen molar-refractivity contribution in [3.63, 3.8) is 0 Å². The molecule has 0 N–H and O–H groups in total. The molecule has 0 aliphatic heterocycles. The van der Waals surface area contributed by atoms with Gasteiger partial charge in [0.05, 0.1) is 7.11 Å². The summed E-state index contributed by atoms with van der Waals surface area (Å²) >= 11 is 3.27. The van der Waals surface area contributed by atoms with Gasteiger partial charge in [-0.15, -0.1) is 0 Å². The van der Waals surface area contributed by atoms with Crippen LogP contribution in [0.25, 0.3) is 0 Å². The minimum Gasteiger partial charge on any atom is -0.494 e. The Balaban J connectivity index is 0. The SMILES string of the molecule is CC.CC.COc1ccc(C)nc1Br. The molecule has 0 unspecified atom stereocenters. The van der Waals surface area contributed by atoms with Gasteiger partial charge in [0.2, 0.25) is 0 Å². The van der Waals surface area contributed by atoms with E-state index in [0.29, 0.717) is 0 Å². The zero-order chi connectivity index (χ0) is 11.6. The normalized spacial score (nSPS) is 7.64. The van der Waals surface area contributed by atoms with Crippen LogP contribution < -0.4 is 4.74 Å². The van der Waals surface area contributed by atoms with Crippen LogP contribution in [0.3, 0.4) is 0 Å². The van der Waals surface area contributed by atoms with Gasteiger partial charge in [-0.25, -0.2) is 4.98 Å². The highest BCUT2D eigenvalue weighted by Crippen LogP contribution is 2.21. The Labute approximate surface area is 95.8 Å². The van der Waals surface area contributed by atoms with Gasteiger partial charge in [0, 0.05) is 5.69 Å². The molecule has 82 valence electrons. The fraction of sp³-hybridized carbons (Fsp3) is 0.545. The van der Waals surface area contributed by atoms with Crippen molar-refractivity contribution in [2.75, 3.05) is 7.11 Å². The van der Waals surface area contributed by atoms with E-state index in [-0.39, 0.29) is 0 Å². The highest BCUT2D eigenvalue weighted by molar-refractivity contribution is 9.10. The second-order valence-corrected chi connectivity index (χ2v) is 2.70.